The fraction of sp³-hybridized carbons (Fsp3) is 0.316. The van der Waals surface area contributed by atoms with Gasteiger partial charge >= 0.3 is 6.03 Å². The van der Waals surface area contributed by atoms with Gasteiger partial charge in [-0.2, -0.15) is 0 Å². The molecule has 0 unspecified atom stereocenters. The van der Waals surface area contributed by atoms with Gasteiger partial charge in [0.25, 0.3) is 5.91 Å². The molecule has 2 heterocycles. The van der Waals surface area contributed by atoms with Crippen LogP contribution in [0.2, 0.25) is 0 Å². The number of rotatable bonds is 2. The molecule has 6 nitrogen and oxygen atoms in total. The third-order valence-electron chi connectivity index (χ3n) is 4.28. The highest BCUT2D eigenvalue weighted by Gasteiger charge is 2.25. The van der Waals surface area contributed by atoms with Gasteiger partial charge in [0.15, 0.2) is 0 Å². The Morgan fingerprint density at radius 1 is 1.00 bits per heavy atom. The molecule has 1 aromatic heterocycles. The van der Waals surface area contributed by atoms with Crippen LogP contribution in [0.4, 0.5) is 10.5 Å². The Labute approximate surface area is 147 Å². The number of aryl methyl sites for hydroxylation is 2. The standard InChI is InChI=1S/C19H22N4O2/c1-14-4-3-5-17(12-14)21-19(25)23-10-8-22(9-11-23)18(24)16-7-6-15(2)20-13-16/h3-7,12-13H,8-11H2,1-2H3,(H,21,25). The van der Waals surface area contributed by atoms with Gasteiger partial charge in [0.1, 0.15) is 0 Å². The number of benzene rings is 1. The number of nitrogens with one attached hydrogen (secondary N) is 1. The number of anilines is 1. The molecule has 0 aliphatic carbocycles. The lowest BCUT2D eigenvalue weighted by Crippen LogP contribution is -2.51. The molecule has 3 rings (SSSR count). The van der Waals surface area contributed by atoms with E-state index in [1.165, 1.54) is 0 Å². The normalized spacial score (nSPS) is 14.3. The molecule has 0 saturated carbocycles. The van der Waals surface area contributed by atoms with Gasteiger partial charge in [-0.25, -0.2) is 4.79 Å². The maximum Gasteiger partial charge on any atom is 0.321 e. The second kappa shape index (κ2) is 7.34. The number of hydrogen-bond acceptors (Lipinski definition) is 3. The highest BCUT2D eigenvalue weighted by molar-refractivity contribution is 5.94. The van der Waals surface area contributed by atoms with Crippen molar-refractivity contribution in [1.82, 2.24) is 14.8 Å². The molecule has 2 aromatic rings. The van der Waals surface area contributed by atoms with E-state index in [-0.39, 0.29) is 11.9 Å². The summed E-state index contributed by atoms with van der Waals surface area (Å²) in [6.45, 7) is 5.95. The monoisotopic (exact) mass is 338 g/mol. The molecule has 0 atom stereocenters. The van der Waals surface area contributed by atoms with E-state index in [0.717, 1.165) is 16.9 Å². The van der Waals surface area contributed by atoms with Crippen LogP contribution in [0.1, 0.15) is 21.6 Å². The average molecular weight is 338 g/mol. The van der Waals surface area contributed by atoms with Crippen molar-refractivity contribution in [3.05, 3.63) is 59.4 Å². The van der Waals surface area contributed by atoms with E-state index >= 15 is 0 Å². The third kappa shape index (κ3) is 4.15. The van der Waals surface area contributed by atoms with Gasteiger partial charge in [-0.3, -0.25) is 9.78 Å². The van der Waals surface area contributed by atoms with Crippen LogP contribution in [-0.2, 0) is 0 Å². The average Bonchev–Trinajstić information content (AvgIpc) is 2.62. The Morgan fingerprint density at radius 3 is 2.36 bits per heavy atom. The van der Waals surface area contributed by atoms with E-state index in [1.54, 1.807) is 22.1 Å². The van der Waals surface area contributed by atoms with E-state index in [9.17, 15) is 9.59 Å². The number of urea groups is 1. The molecule has 25 heavy (non-hydrogen) atoms. The first-order valence-corrected chi connectivity index (χ1v) is 8.37. The highest BCUT2D eigenvalue weighted by atomic mass is 16.2. The molecule has 1 N–H and O–H groups in total. The molecule has 1 saturated heterocycles. The molecule has 3 amide bonds. The summed E-state index contributed by atoms with van der Waals surface area (Å²) in [5.41, 5.74) is 3.35. The summed E-state index contributed by atoms with van der Waals surface area (Å²) in [6, 6.07) is 11.2. The fourth-order valence-electron chi connectivity index (χ4n) is 2.81. The molecule has 1 fully saturated rings. The first kappa shape index (κ1) is 17.0. The summed E-state index contributed by atoms with van der Waals surface area (Å²) >= 11 is 0. The molecule has 1 aromatic carbocycles. The van der Waals surface area contributed by atoms with Crippen LogP contribution in [0.25, 0.3) is 0 Å². The lowest BCUT2D eigenvalue weighted by Gasteiger charge is -2.34. The fourth-order valence-corrected chi connectivity index (χ4v) is 2.81. The smallest absolute Gasteiger partial charge is 0.321 e. The summed E-state index contributed by atoms with van der Waals surface area (Å²) in [5, 5.41) is 2.91. The third-order valence-corrected chi connectivity index (χ3v) is 4.28. The summed E-state index contributed by atoms with van der Waals surface area (Å²) in [5.74, 6) is -0.0359. The van der Waals surface area contributed by atoms with Crippen molar-refractivity contribution in [3.63, 3.8) is 0 Å². The Morgan fingerprint density at radius 2 is 1.72 bits per heavy atom. The molecular weight excluding hydrogens is 316 g/mol. The number of carbonyl (C=O) groups excluding carboxylic acids is 2. The molecular formula is C19H22N4O2. The van der Waals surface area contributed by atoms with Gasteiger partial charge < -0.3 is 15.1 Å². The van der Waals surface area contributed by atoms with Crippen molar-refractivity contribution in [2.24, 2.45) is 0 Å². The van der Waals surface area contributed by atoms with Crippen LogP contribution in [0.3, 0.4) is 0 Å². The van der Waals surface area contributed by atoms with E-state index < -0.39 is 0 Å². The molecule has 6 heteroatoms. The maximum absolute atomic E-state index is 12.5. The largest absolute Gasteiger partial charge is 0.335 e. The number of carbonyl (C=O) groups is 2. The van der Waals surface area contributed by atoms with Crippen LogP contribution in [0.5, 0.6) is 0 Å². The first-order valence-electron chi connectivity index (χ1n) is 8.37. The molecule has 1 aliphatic heterocycles. The van der Waals surface area contributed by atoms with Crippen LogP contribution in [0, 0.1) is 13.8 Å². The number of aromatic nitrogens is 1. The van der Waals surface area contributed by atoms with Crippen molar-refractivity contribution in [3.8, 4) is 0 Å². The van der Waals surface area contributed by atoms with Gasteiger partial charge in [-0.1, -0.05) is 12.1 Å². The number of pyridine rings is 1. The minimum Gasteiger partial charge on any atom is -0.335 e. The molecule has 0 radical (unpaired) electrons. The van der Waals surface area contributed by atoms with E-state index in [4.69, 9.17) is 0 Å². The van der Waals surface area contributed by atoms with Crippen molar-refractivity contribution in [1.29, 1.82) is 0 Å². The Balaban J connectivity index is 1.55. The molecule has 0 bridgehead atoms. The highest BCUT2D eigenvalue weighted by Crippen LogP contribution is 2.13. The van der Waals surface area contributed by atoms with Crippen LogP contribution < -0.4 is 5.32 Å². The quantitative estimate of drug-likeness (QED) is 0.915. The summed E-state index contributed by atoms with van der Waals surface area (Å²) < 4.78 is 0. The molecule has 1 aliphatic rings. The van der Waals surface area contributed by atoms with Crippen molar-refractivity contribution in [2.75, 3.05) is 31.5 Å². The van der Waals surface area contributed by atoms with Crippen molar-refractivity contribution in [2.45, 2.75) is 13.8 Å². The zero-order chi connectivity index (χ0) is 17.8. The number of piperazine rings is 1. The summed E-state index contributed by atoms with van der Waals surface area (Å²) in [6.07, 6.45) is 1.61. The Hall–Kier alpha value is -2.89. The van der Waals surface area contributed by atoms with E-state index in [0.29, 0.717) is 31.7 Å². The van der Waals surface area contributed by atoms with Gasteiger partial charge in [0.05, 0.1) is 5.56 Å². The predicted octanol–water partition coefficient (Wildman–Crippen LogP) is 2.69. The van der Waals surface area contributed by atoms with Crippen molar-refractivity contribution < 1.29 is 9.59 Å². The van der Waals surface area contributed by atoms with Gasteiger partial charge in [0.2, 0.25) is 0 Å². The topological polar surface area (TPSA) is 65.5 Å². The maximum atomic E-state index is 12.5. The van der Waals surface area contributed by atoms with Crippen LogP contribution in [-0.4, -0.2) is 52.9 Å². The SMILES string of the molecule is Cc1cccc(NC(=O)N2CCN(C(=O)c3ccc(C)nc3)CC2)c1. The van der Waals surface area contributed by atoms with E-state index in [2.05, 4.69) is 10.3 Å². The lowest BCUT2D eigenvalue weighted by atomic mass is 10.2. The number of nitrogens with zero attached hydrogens (tertiary/aromatic N) is 3. The summed E-state index contributed by atoms with van der Waals surface area (Å²) in [7, 11) is 0. The molecule has 0 spiro atoms. The predicted molar refractivity (Wildman–Crippen MR) is 96.6 cm³/mol. The zero-order valence-electron chi connectivity index (χ0n) is 14.5. The second-order valence-electron chi connectivity index (χ2n) is 6.27. The summed E-state index contributed by atoms with van der Waals surface area (Å²) in [4.78, 5) is 32.5. The minimum atomic E-state index is -0.130. The van der Waals surface area contributed by atoms with Gasteiger partial charge in [0, 0.05) is 43.8 Å². The minimum absolute atomic E-state index is 0.0359. The van der Waals surface area contributed by atoms with Gasteiger partial charge in [-0.15, -0.1) is 0 Å². The van der Waals surface area contributed by atoms with E-state index in [1.807, 2.05) is 44.2 Å². The first-order chi connectivity index (χ1) is 12.0. The number of hydrogen-bond donors (Lipinski definition) is 1. The second-order valence-corrected chi connectivity index (χ2v) is 6.27. The Bertz CT molecular complexity index is 765. The Kier molecular flexibility index (Phi) is 4.97. The number of amides is 3. The van der Waals surface area contributed by atoms with Crippen LogP contribution in [0.15, 0.2) is 42.6 Å². The van der Waals surface area contributed by atoms with Crippen molar-refractivity contribution >= 4 is 17.6 Å². The van der Waals surface area contributed by atoms with Gasteiger partial charge in [-0.05, 0) is 43.7 Å². The van der Waals surface area contributed by atoms with Crippen LogP contribution >= 0.6 is 0 Å². The molecule has 130 valence electrons. The lowest BCUT2D eigenvalue weighted by molar-refractivity contribution is 0.0671. The zero-order valence-corrected chi connectivity index (χ0v) is 14.5.